The van der Waals surface area contributed by atoms with E-state index in [1.807, 2.05) is 13.8 Å². The van der Waals surface area contributed by atoms with E-state index in [-0.39, 0.29) is 24.1 Å². The zero-order valence-electron chi connectivity index (χ0n) is 12.7. The number of benzene rings is 1. The molecule has 1 aliphatic heterocycles. The van der Waals surface area contributed by atoms with Crippen molar-refractivity contribution in [2.75, 3.05) is 5.32 Å². The lowest BCUT2D eigenvalue weighted by Gasteiger charge is -2.08. The number of amidine groups is 1. The monoisotopic (exact) mass is 341 g/mol. The third-order valence-corrected chi connectivity index (χ3v) is 4.38. The summed E-state index contributed by atoms with van der Waals surface area (Å²) in [6.07, 6.45) is 0.724. The molecule has 0 spiro atoms. The molecule has 0 saturated carbocycles. The van der Waals surface area contributed by atoms with Crippen LogP contribution in [-0.2, 0) is 9.59 Å². The summed E-state index contributed by atoms with van der Waals surface area (Å²) in [6.45, 7) is 3.91. The van der Waals surface area contributed by atoms with Crippen molar-refractivity contribution in [1.29, 1.82) is 0 Å². The van der Waals surface area contributed by atoms with E-state index in [0.29, 0.717) is 11.2 Å². The number of hydrogen-bond acceptors (Lipinski definition) is 4. The summed E-state index contributed by atoms with van der Waals surface area (Å²) in [5.41, 5.74) is -0.117. The number of nitrogens with one attached hydrogen (secondary N) is 2. The second-order valence-electron chi connectivity index (χ2n) is 5.16. The molecule has 2 rings (SSSR count). The zero-order valence-corrected chi connectivity index (χ0v) is 13.5. The number of rotatable bonds is 5. The molecule has 0 bridgehead atoms. The maximum atomic E-state index is 13.5. The van der Waals surface area contributed by atoms with Crippen LogP contribution in [0.15, 0.2) is 23.2 Å². The van der Waals surface area contributed by atoms with Crippen molar-refractivity contribution in [2.24, 2.45) is 4.99 Å². The number of aliphatic imine (C=N–C) groups is 1. The molecule has 23 heavy (non-hydrogen) atoms. The molecule has 1 aromatic rings. The largest absolute Gasteiger partial charge is 0.324 e. The Hall–Kier alpha value is -1.96. The Morgan fingerprint density at radius 2 is 2.22 bits per heavy atom. The summed E-state index contributed by atoms with van der Waals surface area (Å²) in [5.74, 6) is -2.40. The summed E-state index contributed by atoms with van der Waals surface area (Å²) >= 11 is 1.18. The molecule has 1 aliphatic rings. The van der Waals surface area contributed by atoms with Gasteiger partial charge in [0.05, 0.1) is 5.69 Å². The van der Waals surface area contributed by atoms with E-state index in [2.05, 4.69) is 15.6 Å². The summed E-state index contributed by atoms with van der Waals surface area (Å²) in [6, 6.07) is 2.95. The molecule has 2 atom stereocenters. The molecule has 1 saturated heterocycles. The number of carbonyl (C=O) groups is 2. The van der Waals surface area contributed by atoms with E-state index < -0.39 is 22.8 Å². The first kappa shape index (κ1) is 17.4. The van der Waals surface area contributed by atoms with Gasteiger partial charge in [-0.1, -0.05) is 18.7 Å². The first-order chi connectivity index (χ1) is 10.9. The lowest BCUT2D eigenvalue weighted by molar-refractivity contribution is -0.122. The van der Waals surface area contributed by atoms with E-state index in [0.717, 1.165) is 18.6 Å². The SMILES string of the molecule is CCC(C)N=C1NC(=O)C(CC(=O)Nc2ccc(F)cc2F)S1. The molecule has 8 heteroatoms. The van der Waals surface area contributed by atoms with Crippen molar-refractivity contribution in [3.8, 4) is 0 Å². The molecule has 1 aromatic carbocycles. The summed E-state index contributed by atoms with van der Waals surface area (Å²) in [4.78, 5) is 28.1. The number of nitrogens with zero attached hydrogens (tertiary/aromatic N) is 1. The minimum absolute atomic E-state index is 0.0821. The van der Waals surface area contributed by atoms with Crippen LogP contribution in [0.4, 0.5) is 14.5 Å². The lowest BCUT2D eigenvalue weighted by atomic mass is 10.2. The Morgan fingerprint density at radius 1 is 1.48 bits per heavy atom. The fourth-order valence-corrected chi connectivity index (χ4v) is 2.92. The Labute approximate surface area is 136 Å². The van der Waals surface area contributed by atoms with Gasteiger partial charge in [-0.2, -0.15) is 0 Å². The number of halogens is 2. The van der Waals surface area contributed by atoms with Gasteiger partial charge < -0.3 is 10.6 Å². The molecule has 0 aliphatic carbocycles. The van der Waals surface area contributed by atoms with E-state index in [1.165, 1.54) is 11.8 Å². The van der Waals surface area contributed by atoms with Gasteiger partial charge in [-0.15, -0.1) is 0 Å². The van der Waals surface area contributed by atoms with Crippen LogP contribution in [0.3, 0.4) is 0 Å². The van der Waals surface area contributed by atoms with Gasteiger partial charge in [-0.25, -0.2) is 8.78 Å². The van der Waals surface area contributed by atoms with Crippen LogP contribution < -0.4 is 10.6 Å². The van der Waals surface area contributed by atoms with Crippen LogP contribution in [0, 0.1) is 11.6 Å². The Morgan fingerprint density at radius 3 is 2.87 bits per heavy atom. The topological polar surface area (TPSA) is 70.6 Å². The Balaban J connectivity index is 1.95. The third-order valence-electron chi connectivity index (χ3n) is 3.28. The molecule has 5 nitrogen and oxygen atoms in total. The highest BCUT2D eigenvalue weighted by molar-refractivity contribution is 8.15. The van der Waals surface area contributed by atoms with Crippen LogP contribution >= 0.6 is 11.8 Å². The predicted octanol–water partition coefficient (Wildman–Crippen LogP) is 2.68. The first-order valence-electron chi connectivity index (χ1n) is 7.19. The van der Waals surface area contributed by atoms with Gasteiger partial charge in [-0.05, 0) is 25.5 Å². The average molecular weight is 341 g/mol. The number of hydrogen-bond donors (Lipinski definition) is 2. The minimum atomic E-state index is -0.860. The van der Waals surface area contributed by atoms with E-state index in [1.54, 1.807) is 0 Å². The quantitative estimate of drug-likeness (QED) is 0.865. The molecule has 0 aromatic heterocycles. The minimum Gasteiger partial charge on any atom is -0.324 e. The third kappa shape index (κ3) is 4.75. The molecule has 0 radical (unpaired) electrons. The highest BCUT2D eigenvalue weighted by Gasteiger charge is 2.32. The number of anilines is 1. The van der Waals surface area contributed by atoms with Crippen LogP contribution in [0.1, 0.15) is 26.7 Å². The van der Waals surface area contributed by atoms with Crippen molar-refractivity contribution in [2.45, 2.75) is 38.0 Å². The molecule has 1 heterocycles. The van der Waals surface area contributed by atoms with Gasteiger partial charge in [0.25, 0.3) is 0 Å². The highest BCUT2D eigenvalue weighted by atomic mass is 32.2. The molecule has 1 fully saturated rings. The maximum Gasteiger partial charge on any atom is 0.240 e. The van der Waals surface area contributed by atoms with Crippen LogP contribution in [0.25, 0.3) is 0 Å². The number of thioether (sulfide) groups is 1. The smallest absolute Gasteiger partial charge is 0.240 e. The van der Waals surface area contributed by atoms with Gasteiger partial charge in [0, 0.05) is 18.5 Å². The molecule has 2 N–H and O–H groups in total. The van der Waals surface area contributed by atoms with E-state index >= 15 is 0 Å². The van der Waals surface area contributed by atoms with Crippen LogP contribution in [0.2, 0.25) is 0 Å². The molecular weight excluding hydrogens is 324 g/mol. The second-order valence-corrected chi connectivity index (χ2v) is 6.36. The van der Waals surface area contributed by atoms with Crippen molar-refractivity contribution in [3.05, 3.63) is 29.8 Å². The second kappa shape index (κ2) is 7.54. The van der Waals surface area contributed by atoms with Crippen LogP contribution in [-0.4, -0.2) is 28.3 Å². The van der Waals surface area contributed by atoms with Gasteiger partial charge in [-0.3, -0.25) is 14.6 Å². The fourth-order valence-electron chi connectivity index (χ4n) is 1.85. The normalized spacial score (nSPS) is 20.4. The fraction of sp³-hybridized carbons (Fsp3) is 0.400. The highest BCUT2D eigenvalue weighted by Crippen LogP contribution is 2.24. The van der Waals surface area contributed by atoms with Crippen LogP contribution in [0.5, 0.6) is 0 Å². The van der Waals surface area contributed by atoms with E-state index in [9.17, 15) is 18.4 Å². The summed E-state index contributed by atoms with van der Waals surface area (Å²) in [7, 11) is 0. The molecule has 2 unspecified atom stereocenters. The van der Waals surface area contributed by atoms with Crippen molar-refractivity contribution < 1.29 is 18.4 Å². The van der Waals surface area contributed by atoms with E-state index in [4.69, 9.17) is 0 Å². The standard InChI is InChI=1S/C15H17F2N3O2S/c1-3-8(2)18-15-20-14(22)12(23-15)7-13(21)19-11-5-4-9(16)6-10(11)17/h4-6,8,12H,3,7H2,1-2H3,(H,19,21)(H,18,20,22). The summed E-state index contributed by atoms with van der Waals surface area (Å²) in [5, 5.41) is 4.85. The lowest BCUT2D eigenvalue weighted by Crippen LogP contribution is -2.28. The van der Waals surface area contributed by atoms with Gasteiger partial charge >= 0.3 is 0 Å². The first-order valence-corrected chi connectivity index (χ1v) is 8.07. The number of amides is 2. The maximum absolute atomic E-state index is 13.5. The zero-order chi connectivity index (χ0) is 17.0. The van der Waals surface area contributed by atoms with Crippen molar-refractivity contribution >= 4 is 34.4 Å². The van der Waals surface area contributed by atoms with Gasteiger partial charge in [0.15, 0.2) is 5.17 Å². The molecule has 124 valence electrons. The Kier molecular flexibility index (Phi) is 5.70. The molecule has 2 amide bonds. The predicted molar refractivity (Wildman–Crippen MR) is 86.3 cm³/mol. The molecular formula is C15H17F2N3O2S. The average Bonchev–Trinajstić information content (AvgIpc) is 2.81. The van der Waals surface area contributed by atoms with Crippen molar-refractivity contribution in [3.63, 3.8) is 0 Å². The van der Waals surface area contributed by atoms with Gasteiger partial charge in [0.1, 0.15) is 16.9 Å². The van der Waals surface area contributed by atoms with Gasteiger partial charge in [0.2, 0.25) is 11.8 Å². The summed E-state index contributed by atoms with van der Waals surface area (Å²) < 4.78 is 26.3. The Bertz CT molecular complexity index is 652. The number of carbonyl (C=O) groups excluding carboxylic acids is 2. The van der Waals surface area contributed by atoms with Crippen molar-refractivity contribution in [1.82, 2.24) is 5.32 Å².